The van der Waals surface area contributed by atoms with Gasteiger partial charge < -0.3 is 31.5 Å². The zero-order valence-electron chi connectivity index (χ0n) is 23.5. The van der Waals surface area contributed by atoms with Gasteiger partial charge in [0.2, 0.25) is 23.6 Å². The summed E-state index contributed by atoms with van der Waals surface area (Å²) < 4.78 is 0. The normalized spacial score (nSPS) is 12.0. The van der Waals surface area contributed by atoms with E-state index in [1.807, 2.05) is 19.1 Å². The first-order chi connectivity index (χ1) is 20.1. The maximum Gasteiger partial charge on any atom is 0.303 e. The van der Waals surface area contributed by atoms with Crippen LogP contribution < -0.4 is 21.3 Å². The molecule has 4 amide bonds. The average Bonchev–Trinajstić information content (AvgIpc) is 2.95. The highest BCUT2D eigenvalue weighted by Crippen LogP contribution is 2.08. The Morgan fingerprint density at radius 3 is 1.31 bits per heavy atom. The van der Waals surface area contributed by atoms with Crippen LogP contribution in [0.3, 0.4) is 0 Å². The minimum Gasteiger partial charge on any atom is -0.481 e. The highest BCUT2D eigenvalue weighted by atomic mass is 16.4. The summed E-state index contributed by atoms with van der Waals surface area (Å²) >= 11 is 0. The molecule has 0 fully saturated rings. The molecule has 0 bridgehead atoms. The van der Waals surface area contributed by atoms with Gasteiger partial charge in [0.15, 0.2) is 0 Å². The average molecular weight is 583 g/mol. The molecule has 2 atom stereocenters. The smallest absolute Gasteiger partial charge is 0.303 e. The quantitative estimate of drug-likeness (QED) is 0.143. The number of rotatable bonds is 18. The molecule has 0 aliphatic rings. The first-order valence-electron chi connectivity index (χ1n) is 13.8. The SMILES string of the molecule is CCCC(NC(=O)[C@H](Cc1ccccc1)NC(=O)CCC(=O)O)NC(=O)[C@H](Cc1ccccc1)NC(=O)CCC(=O)O. The summed E-state index contributed by atoms with van der Waals surface area (Å²) in [7, 11) is 0. The van der Waals surface area contributed by atoms with E-state index in [-0.39, 0.29) is 38.5 Å². The third-order valence-electron chi connectivity index (χ3n) is 6.21. The second-order valence-corrected chi connectivity index (χ2v) is 9.77. The fraction of sp³-hybridized carbons (Fsp3) is 0.400. The molecule has 12 nitrogen and oxygen atoms in total. The van der Waals surface area contributed by atoms with Crippen molar-refractivity contribution in [2.75, 3.05) is 0 Å². The number of nitrogens with one attached hydrogen (secondary N) is 4. The molecule has 0 saturated carbocycles. The maximum absolute atomic E-state index is 13.4. The first kappa shape index (κ1) is 33.5. The van der Waals surface area contributed by atoms with Crippen LogP contribution in [0.2, 0.25) is 0 Å². The molecule has 0 aromatic heterocycles. The Morgan fingerprint density at radius 2 is 0.976 bits per heavy atom. The van der Waals surface area contributed by atoms with E-state index in [1.54, 1.807) is 48.5 Å². The summed E-state index contributed by atoms with van der Waals surface area (Å²) in [4.78, 5) is 73.3. The van der Waals surface area contributed by atoms with Crippen LogP contribution in [-0.2, 0) is 41.6 Å². The number of carbonyl (C=O) groups excluding carboxylic acids is 4. The van der Waals surface area contributed by atoms with Crippen LogP contribution in [0, 0.1) is 0 Å². The zero-order valence-corrected chi connectivity index (χ0v) is 23.5. The molecule has 0 aliphatic carbocycles. The van der Waals surface area contributed by atoms with E-state index in [9.17, 15) is 28.8 Å². The third-order valence-corrected chi connectivity index (χ3v) is 6.21. The van der Waals surface area contributed by atoms with E-state index in [4.69, 9.17) is 10.2 Å². The Kier molecular flexibility index (Phi) is 14.2. The Labute approximate surface area is 244 Å². The van der Waals surface area contributed by atoms with Crippen molar-refractivity contribution >= 4 is 35.6 Å². The minimum atomic E-state index is -1.14. The molecule has 0 radical (unpaired) electrons. The van der Waals surface area contributed by atoms with Crippen LogP contribution in [0.5, 0.6) is 0 Å². The fourth-order valence-electron chi connectivity index (χ4n) is 4.11. The number of carboxylic acids is 2. The summed E-state index contributed by atoms with van der Waals surface area (Å²) in [6, 6.07) is 15.8. The Hall–Kier alpha value is -4.74. The number of hydrogen-bond donors (Lipinski definition) is 6. The van der Waals surface area contributed by atoms with E-state index in [0.717, 1.165) is 11.1 Å². The first-order valence-corrected chi connectivity index (χ1v) is 13.8. The second kappa shape index (κ2) is 17.8. The number of hydrogen-bond acceptors (Lipinski definition) is 6. The molecule has 2 aromatic rings. The zero-order chi connectivity index (χ0) is 30.9. The summed E-state index contributed by atoms with van der Waals surface area (Å²) in [6.07, 6.45) is -1.04. The van der Waals surface area contributed by atoms with Crippen LogP contribution in [-0.4, -0.2) is 64.0 Å². The Morgan fingerprint density at radius 1 is 0.595 bits per heavy atom. The number of carbonyl (C=O) groups is 6. The highest BCUT2D eigenvalue weighted by molar-refractivity contribution is 5.91. The van der Waals surface area contributed by atoms with Crippen molar-refractivity contribution in [2.45, 2.75) is 76.5 Å². The van der Waals surface area contributed by atoms with Crippen molar-refractivity contribution in [3.63, 3.8) is 0 Å². The van der Waals surface area contributed by atoms with Crippen LogP contribution in [0.15, 0.2) is 60.7 Å². The summed E-state index contributed by atoms with van der Waals surface area (Å²) in [5.41, 5.74) is 1.53. The molecule has 12 heteroatoms. The van der Waals surface area contributed by atoms with Crippen LogP contribution >= 0.6 is 0 Å². The lowest BCUT2D eigenvalue weighted by Gasteiger charge is -2.26. The molecule has 0 spiro atoms. The Balaban J connectivity index is 2.17. The van der Waals surface area contributed by atoms with Gasteiger partial charge in [0.1, 0.15) is 18.2 Å². The maximum atomic E-state index is 13.4. The van der Waals surface area contributed by atoms with Gasteiger partial charge in [0, 0.05) is 25.7 Å². The number of benzene rings is 2. The van der Waals surface area contributed by atoms with Gasteiger partial charge >= 0.3 is 11.9 Å². The molecule has 0 unspecified atom stereocenters. The monoisotopic (exact) mass is 582 g/mol. The lowest BCUT2D eigenvalue weighted by atomic mass is 10.0. The summed E-state index contributed by atoms with van der Waals surface area (Å²) in [5, 5.41) is 28.5. The lowest BCUT2D eigenvalue weighted by Crippen LogP contribution is -2.58. The molecule has 0 heterocycles. The molecular weight excluding hydrogens is 544 g/mol. The predicted octanol–water partition coefficient (Wildman–Crippen LogP) is 1.53. The molecule has 42 heavy (non-hydrogen) atoms. The molecule has 2 aromatic carbocycles. The van der Waals surface area contributed by atoms with Crippen molar-refractivity contribution in [3.05, 3.63) is 71.8 Å². The molecule has 0 saturated heterocycles. The molecular formula is C30H38N4O8. The predicted molar refractivity (Wildman–Crippen MR) is 153 cm³/mol. The van der Waals surface area contributed by atoms with Crippen molar-refractivity contribution in [3.8, 4) is 0 Å². The lowest BCUT2D eigenvalue weighted by molar-refractivity contribution is -0.139. The van der Waals surface area contributed by atoms with Crippen molar-refractivity contribution in [2.24, 2.45) is 0 Å². The van der Waals surface area contributed by atoms with E-state index >= 15 is 0 Å². The van der Waals surface area contributed by atoms with Crippen molar-refractivity contribution in [1.29, 1.82) is 0 Å². The van der Waals surface area contributed by atoms with E-state index in [2.05, 4.69) is 21.3 Å². The molecule has 2 rings (SSSR count). The van der Waals surface area contributed by atoms with E-state index in [1.165, 1.54) is 0 Å². The van der Waals surface area contributed by atoms with Crippen LogP contribution in [0.4, 0.5) is 0 Å². The number of amides is 4. The van der Waals surface area contributed by atoms with Gasteiger partial charge in [0.25, 0.3) is 0 Å². The highest BCUT2D eigenvalue weighted by Gasteiger charge is 2.27. The Bertz CT molecular complexity index is 1110. The van der Waals surface area contributed by atoms with Gasteiger partial charge in [-0.25, -0.2) is 0 Å². The van der Waals surface area contributed by atoms with E-state index < -0.39 is 53.8 Å². The summed E-state index contributed by atoms with van der Waals surface area (Å²) in [5.74, 6) is -4.63. The van der Waals surface area contributed by atoms with Gasteiger partial charge in [-0.05, 0) is 17.5 Å². The van der Waals surface area contributed by atoms with Gasteiger partial charge in [-0.3, -0.25) is 28.8 Å². The standard InChI is InChI=1S/C30H38N4O8/c1-2-9-24(33-29(41)22(18-20-10-5-3-6-11-20)31-25(35)14-16-27(37)38)34-30(42)23(19-21-12-7-4-8-13-21)32-26(36)15-17-28(39)40/h3-8,10-13,22-24H,2,9,14-19H2,1H3,(H,31,35)(H,32,36)(H,33,41)(H,34,42)(H,37,38)(H,39,40)/t22-,23-/m0/s1. The minimum absolute atomic E-state index is 0.133. The molecule has 0 aliphatic heterocycles. The second-order valence-electron chi connectivity index (χ2n) is 9.77. The van der Waals surface area contributed by atoms with Gasteiger partial charge in [-0.15, -0.1) is 0 Å². The van der Waals surface area contributed by atoms with Crippen molar-refractivity contribution < 1.29 is 39.0 Å². The number of carboxylic acid groups (broad SMARTS) is 2. The van der Waals surface area contributed by atoms with Gasteiger partial charge in [0.05, 0.1) is 12.8 Å². The van der Waals surface area contributed by atoms with Gasteiger partial charge in [-0.1, -0.05) is 74.0 Å². The summed E-state index contributed by atoms with van der Waals surface area (Å²) in [6.45, 7) is 1.86. The molecule has 6 N–H and O–H groups in total. The van der Waals surface area contributed by atoms with Crippen LogP contribution in [0.25, 0.3) is 0 Å². The number of aliphatic carboxylic acids is 2. The largest absolute Gasteiger partial charge is 0.481 e. The topological polar surface area (TPSA) is 191 Å². The van der Waals surface area contributed by atoms with Crippen molar-refractivity contribution in [1.82, 2.24) is 21.3 Å². The van der Waals surface area contributed by atoms with E-state index in [0.29, 0.717) is 12.8 Å². The molecule has 226 valence electrons. The fourth-order valence-corrected chi connectivity index (χ4v) is 4.11. The van der Waals surface area contributed by atoms with Gasteiger partial charge in [-0.2, -0.15) is 0 Å². The third kappa shape index (κ3) is 13.1. The van der Waals surface area contributed by atoms with Crippen LogP contribution in [0.1, 0.15) is 56.6 Å².